The maximum Gasteiger partial charge on any atom is 0.194 e. The smallest absolute Gasteiger partial charge is 0.194 e. The van der Waals surface area contributed by atoms with Crippen molar-refractivity contribution in [2.24, 2.45) is 0 Å². The summed E-state index contributed by atoms with van der Waals surface area (Å²) in [5.74, 6) is 0.606. The van der Waals surface area contributed by atoms with Gasteiger partial charge in [-0.05, 0) is 6.42 Å². The van der Waals surface area contributed by atoms with Gasteiger partial charge in [0.1, 0.15) is 29.9 Å². The molecular weight excluding hydrogens is 306 g/mol. The van der Waals surface area contributed by atoms with Crippen LogP contribution in [-0.4, -0.2) is 68.5 Å². The Morgan fingerprint density at radius 2 is 2.00 bits per heavy atom. The molecule has 0 bridgehead atoms. The van der Waals surface area contributed by atoms with Crippen molar-refractivity contribution < 1.29 is 29.6 Å². The molecule has 0 radical (unpaired) electrons. The number of aliphatic hydroxyl groups is 4. The normalized spacial score (nSPS) is 27.7. The molecule has 0 aromatic carbocycles. The minimum absolute atomic E-state index is 0.0427. The van der Waals surface area contributed by atoms with E-state index in [1.165, 1.54) is 6.26 Å². The standard InChI is InChI=1S/C14H19N3O6/c18-4-1-3-15-13-11-7(2-5-22-11)16-14(17-13)12-10(21)9(20)8(6-19)23-12/h2,5,8-10,12,18-21H,1,3-4,6H2,(H,15,16,17)/t8-,9-,10-,12?/m1/s1. The molecule has 3 rings (SSSR count). The van der Waals surface area contributed by atoms with Crippen molar-refractivity contribution in [3.63, 3.8) is 0 Å². The van der Waals surface area contributed by atoms with E-state index in [1.807, 2.05) is 0 Å². The molecule has 1 aliphatic rings. The predicted molar refractivity (Wildman–Crippen MR) is 78.7 cm³/mol. The third-order valence-corrected chi connectivity index (χ3v) is 3.75. The number of nitrogens with zero attached hydrogens (tertiary/aromatic N) is 2. The number of aliphatic hydroxyl groups excluding tert-OH is 4. The summed E-state index contributed by atoms with van der Waals surface area (Å²) in [6.07, 6.45) is -2.27. The van der Waals surface area contributed by atoms with Crippen molar-refractivity contribution in [3.8, 4) is 0 Å². The summed E-state index contributed by atoms with van der Waals surface area (Å²) in [5, 5.41) is 41.0. The first-order chi connectivity index (χ1) is 11.2. The van der Waals surface area contributed by atoms with E-state index in [-0.39, 0.29) is 12.4 Å². The Kier molecular flexibility index (Phi) is 4.74. The average Bonchev–Trinajstić information content (AvgIpc) is 3.13. The van der Waals surface area contributed by atoms with Crippen LogP contribution in [0.25, 0.3) is 11.1 Å². The molecule has 0 amide bonds. The van der Waals surface area contributed by atoms with Gasteiger partial charge in [0.2, 0.25) is 0 Å². The Balaban J connectivity index is 1.92. The SMILES string of the molecule is OCCCNc1nc(C2O[C@H](CO)[C@@H](O)[C@H]2O)nc2ccoc12. The Morgan fingerprint density at radius 1 is 1.17 bits per heavy atom. The molecule has 2 aromatic heterocycles. The largest absolute Gasteiger partial charge is 0.459 e. The zero-order chi connectivity index (χ0) is 16.4. The van der Waals surface area contributed by atoms with Crippen molar-refractivity contribution in [1.82, 2.24) is 9.97 Å². The maximum atomic E-state index is 10.1. The number of rotatable bonds is 6. The number of hydrogen-bond donors (Lipinski definition) is 5. The van der Waals surface area contributed by atoms with Gasteiger partial charge in [-0.25, -0.2) is 9.97 Å². The first kappa shape index (κ1) is 16.1. The maximum absolute atomic E-state index is 10.1. The van der Waals surface area contributed by atoms with Crippen LogP contribution in [0.3, 0.4) is 0 Å². The van der Waals surface area contributed by atoms with Gasteiger partial charge >= 0.3 is 0 Å². The molecule has 3 heterocycles. The fourth-order valence-electron chi connectivity index (χ4n) is 2.53. The molecule has 9 heteroatoms. The van der Waals surface area contributed by atoms with E-state index < -0.39 is 31.0 Å². The fourth-order valence-corrected chi connectivity index (χ4v) is 2.53. The van der Waals surface area contributed by atoms with Gasteiger partial charge in [0.05, 0.1) is 12.9 Å². The summed E-state index contributed by atoms with van der Waals surface area (Å²) in [6, 6.07) is 1.65. The second-order valence-electron chi connectivity index (χ2n) is 5.33. The van der Waals surface area contributed by atoms with Gasteiger partial charge < -0.3 is 34.9 Å². The summed E-state index contributed by atoms with van der Waals surface area (Å²) in [4.78, 5) is 8.59. The zero-order valence-corrected chi connectivity index (χ0v) is 12.3. The molecule has 2 aromatic rings. The number of fused-ring (bicyclic) bond motifs is 1. The van der Waals surface area contributed by atoms with Gasteiger partial charge in [-0.15, -0.1) is 0 Å². The summed E-state index contributed by atoms with van der Waals surface area (Å²) in [5.41, 5.74) is 0.984. The van der Waals surface area contributed by atoms with E-state index in [4.69, 9.17) is 19.4 Å². The van der Waals surface area contributed by atoms with Gasteiger partial charge in [-0.1, -0.05) is 0 Å². The molecule has 0 aliphatic carbocycles. The van der Waals surface area contributed by atoms with Crippen molar-refractivity contribution in [2.45, 2.75) is 30.8 Å². The van der Waals surface area contributed by atoms with E-state index in [2.05, 4.69) is 15.3 Å². The molecule has 23 heavy (non-hydrogen) atoms. The third-order valence-electron chi connectivity index (χ3n) is 3.75. The average molecular weight is 325 g/mol. The van der Waals surface area contributed by atoms with Crippen molar-refractivity contribution in [3.05, 3.63) is 18.2 Å². The van der Waals surface area contributed by atoms with Crippen LogP contribution < -0.4 is 5.32 Å². The highest BCUT2D eigenvalue weighted by atomic mass is 16.6. The Bertz CT molecular complexity index is 663. The summed E-state index contributed by atoms with van der Waals surface area (Å²) < 4.78 is 10.8. The van der Waals surface area contributed by atoms with Gasteiger partial charge in [-0.3, -0.25) is 0 Å². The van der Waals surface area contributed by atoms with Gasteiger partial charge in [0.15, 0.2) is 17.2 Å². The highest BCUT2D eigenvalue weighted by Gasteiger charge is 2.44. The second kappa shape index (κ2) is 6.77. The zero-order valence-electron chi connectivity index (χ0n) is 12.3. The molecule has 0 saturated carbocycles. The van der Waals surface area contributed by atoms with Crippen molar-refractivity contribution in [2.75, 3.05) is 25.1 Å². The molecule has 1 saturated heterocycles. The minimum atomic E-state index is -1.23. The number of aromatic nitrogens is 2. The van der Waals surface area contributed by atoms with Gasteiger partial charge in [-0.2, -0.15) is 0 Å². The number of ether oxygens (including phenoxy) is 1. The Hall–Kier alpha value is -1.78. The first-order valence-electron chi connectivity index (χ1n) is 7.38. The summed E-state index contributed by atoms with van der Waals surface area (Å²) >= 11 is 0. The molecule has 1 aliphatic heterocycles. The highest BCUT2D eigenvalue weighted by Crippen LogP contribution is 2.33. The van der Waals surface area contributed by atoms with E-state index in [9.17, 15) is 10.2 Å². The monoisotopic (exact) mass is 325 g/mol. The number of hydrogen-bond acceptors (Lipinski definition) is 9. The second-order valence-corrected chi connectivity index (χ2v) is 5.33. The molecular formula is C14H19N3O6. The van der Waals surface area contributed by atoms with Crippen LogP contribution in [0, 0.1) is 0 Å². The summed E-state index contributed by atoms with van der Waals surface area (Å²) in [6.45, 7) is 0.115. The van der Waals surface area contributed by atoms with E-state index in [1.54, 1.807) is 6.07 Å². The Labute approximate surface area is 131 Å². The lowest BCUT2D eigenvalue weighted by Gasteiger charge is -2.14. The number of nitrogens with one attached hydrogen (secondary N) is 1. The van der Waals surface area contributed by atoms with Crippen LogP contribution in [-0.2, 0) is 4.74 Å². The fraction of sp³-hybridized carbons (Fsp3) is 0.571. The van der Waals surface area contributed by atoms with Crippen LogP contribution in [0.15, 0.2) is 16.7 Å². The lowest BCUT2D eigenvalue weighted by Crippen LogP contribution is -2.32. The molecule has 126 valence electrons. The molecule has 4 atom stereocenters. The van der Waals surface area contributed by atoms with Crippen LogP contribution in [0.1, 0.15) is 18.3 Å². The van der Waals surface area contributed by atoms with Gasteiger partial charge in [0.25, 0.3) is 0 Å². The van der Waals surface area contributed by atoms with Crippen molar-refractivity contribution in [1.29, 1.82) is 0 Å². The molecule has 5 N–H and O–H groups in total. The predicted octanol–water partition coefficient (Wildman–Crippen LogP) is -0.829. The van der Waals surface area contributed by atoms with Crippen molar-refractivity contribution >= 4 is 16.9 Å². The molecule has 1 unspecified atom stereocenters. The number of furan rings is 1. The molecule has 9 nitrogen and oxygen atoms in total. The van der Waals surface area contributed by atoms with Gasteiger partial charge in [0, 0.05) is 19.2 Å². The van der Waals surface area contributed by atoms with Crippen LogP contribution in [0.5, 0.6) is 0 Å². The van der Waals surface area contributed by atoms with Crippen LogP contribution >= 0.6 is 0 Å². The summed E-state index contributed by atoms with van der Waals surface area (Å²) in [7, 11) is 0. The lowest BCUT2D eigenvalue weighted by molar-refractivity contribution is -0.0251. The number of anilines is 1. The van der Waals surface area contributed by atoms with E-state index in [0.717, 1.165) is 0 Å². The van der Waals surface area contributed by atoms with E-state index >= 15 is 0 Å². The minimum Gasteiger partial charge on any atom is -0.459 e. The first-order valence-corrected chi connectivity index (χ1v) is 7.38. The quantitative estimate of drug-likeness (QED) is 0.430. The Morgan fingerprint density at radius 3 is 2.70 bits per heavy atom. The van der Waals surface area contributed by atoms with Crippen LogP contribution in [0.4, 0.5) is 5.82 Å². The topological polar surface area (TPSA) is 141 Å². The van der Waals surface area contributed by atoms with E-state index in [0.29, 0.717) is 29.9 Å². The molecule has 0 spiro atoms. The lowest BCUT2D eigenvalue weighted by atomic mass is 10.1. The highest BCUT2D eigenvalue weighted by molar-refractivity contribution is 5.83. The van der Waals surface area contributed by atoms with Crippen LogP contribution in [0.2, 0.25) is 0 Å². The third kappa shape index (κ3) is 3.01. The molecule has 1 fully saturated rings.